The monoisotopic (exact) mass is 201 g/mol. The second-order valence-electron chi connectivity index (χ2n) is 3.21. The maximum absolute atomic E-state index is 11.1. The van der Waals surface area contributed by atoms with E-state index in [9.17, 15) is 14.8 Å². The molecule has 0 aromatic rings. The number of carbonyl (C=O) groups is 1. The zero-order valence-electron chi connectivity index (χ0n) is 8.61. The van der Waals surface area contributed by atoms with Crippen LogP contribution in [0.25, 0.3) is 0 Å². The molecule has 0 bridgehead atoms. The van der Waals surface area contributed by atoms with Gasteiger partial charge in [-0.15, -0.1) is 4.91 Å². The van der Waals surface area contributed by atoms with Gasteiger partial charge >= 0.3 is 5.97 Å². The number of allylic oxidation sites excluding steroid dienone is 1. The van der Waals surface area contributed by atoms with Crippen molar-refractivity contribution in [1.82, 2.24) is 0 Å². The van der Waals surface area contributed by atoms with E-state index in [1.165, 1.54) is 0 Å². The largest absolute Gasteiger partial charge is 0.510 e. The van der Waals surface area contributed by atoms with E-state index in [1.54, 1.807) is 6.92 Å². The quantitative estimate of drug-likeness (QED) is 0.320. The molecule has 0 aliphatic carbocycles. The van der Waals surface area contributed by atoms with Crippen molar-refractivity contribution in [3.05, 3.63) is 16.4 Å². The van der Waals surface area contributed by atoms with Crippen molar-refractivity contribution in [3.8, 4) is 0 Å². The van der Waals surface area contributed by atoms with Gasteiger partial charge in [-0.1, -0.05) is 13.8 Å². The molecule has 0 unspecified atom stereocenters. The van der Waals surface area contributed by atoms with Gasteiger partial charge in [0.2, 0.25) is 5.70 Å². The smallest absolute Gasteiger partial charge is 0.364 e. The lowest BCUT2D eigenvalue weighted by molar-refractivity contribution is -0.138. The maximum Gasteiger partial charge on any atom is 0.364 e. The molecule has 0 amide bonds. The van der Waals surface area contributed by atoms with E-state index in [2.05, 4.69) is 9.91 Å². The van der Waals surface area contributed by atoms with Gasteiger partial charge in [0, 0.05) is 6.42 Å². The van der Waals surface area contributed by atoms with Crippen molar-refractivity contribution in [2.45, 2.75) is 27.2 Å². The molecule has 80 valence electrons. The molecule has 0 aliphatic rings. The molecule has 0 aromatic carbocycles. The number of nitrogens with zero attached hydrogens (tertiary/aromatic N) is 1. The highest BCUT2D eigenvalue weighted by Gasteiger charge is 2.18. The van der Waals surface area contributed by atoms with Crippen LogP contribution in [-0.4, -0.2) is 17.7 Å². The van der Waals surface area contributed by atoms with E-state index in [0.717, 1.165) is 0 Å². The summed E-state index contributed by atoms with van der Waals surface area (Å²) < 4.78 is 4.55. The summed E-state index contributed by atoms with van der Waals surface area (Å²) in [7, 11) is 0. The lowest BCUT2D eigenvalue weighted by Gasteiger charge is -2.05. The van der Waals surface area contributed by atoms with Crippen LogP contribution in [-0.2, 0) is 9.53 Å². The first-order chi connectivity index (χ1) is 6.52. The second-order valence-corrected chi connectivity index (χ2v) is 3.21. The highest BCUT2D eigenvalue weighted by Crippen LogP contribution is 2.14. The summed E-state index contributed by atoms with van der Waals surface area (Å²) in [6.45, 7) is 5.46. The summed E-state index contributed by atoms with van der Waals surface area (Å²) in [5.41, 5.74) is -0.527. The van der Waals surface area contributed by atoms with Crippen LogP contribution in [0.5, 0.6) is 0 Å². The number of ether oxygens (including phenoxy) is 1. The molecule has 5 nitrogen and oxygen atoms in total. The molecule has 0 saturated heterocycles. The Hall–Kier alpha value is -1.39. The number of rotatable bonds is 5. The minimum Gasteiger partial charge on any atom is -0.510 e. The Kier molecular flexibility index (Phi) is 5.52. The van der Waals surface area contributed by atoms with E-state index in [-0.39, 0.29) is 24.7 Å². The molecule has 14 heavy (non-hydrogen) atoms. The van der Waals surface area contributed by atoms with Crippen molar-refractivity contribution >= 4 is 5.97 Å². The van der Waals surface area contributed by atoms with Gasteiger partial charge < -0.3 is 9.84 Å². The van der Waals surface area contributed by atoms with Crippen molar-refractivity contribution in [2.75, 3.05) is 6.61 Å². The van der Waals surface area contributed by atoms with Gasteiger partial charge in [0.25, 0.3) is 0 Å². The van der Waals surface area contributed by atoms with Gasteiger partial charge in [0.1, 0.15) is 5.76 Å². The average Bonchev–Trinajstić information content (AvgIpc) is 2.04. The molecule has 0 radical (unpaired) electrons. The predicted octanol–water partition coefficient (Wildman–Crippen LogP) is 2.13. The van der Waals surface area contributed by atoms with Gasteiger partial charge in [0.15, 0.2) is 0 Å². The van der Waals surface area contributed by atoms with Crippen LogP contribution in [0.2, 0.25) is 0 Å². The molecule has 0 atom stereocenters. The Morgan fingerprint density at radius 3 is 2.43 bits per heavy atom. The third kappa shape index (κ3) is 4.02. The molecule has 0 saturated carbocycles. The Balaban J connectivity index is 4.65. The van der Waals surface area contributed by atoms with Crippen LogP contribution in [0.1, 0.15) is 27.2 Å². The highest BCUT2D eigenvalue weighted by molar-refractivity contribution is 5.88. The average molecular weight is 201 g/mol. The van der Waals surface area contributed by atoms with Crippen molar-refractivity contribution in [3.63, 3.8) is 0 Å². The standard InChI is InChI=1S/C9H15NO4/c1-4-14-9(12)8(10-13)7(11)5-6(2)3/h6,11H,4-5H2,1-3H3/b8-7+. The minimum atomic E-state index is -0.874. The van der Waals surface area contributed by atoms with Gasteiger partial charge in [0.05, 0.1) is 6.61 Å². The summed E-state index contributed by atoms with van der Waals surface area (Å²) in [5.74, 6) is -1.05. The highest BCUT2D eigenvalue weighted by atomic mass is 16.5. The minimum absolute atomic E-state index is 0.140. The predicted molar refractivity (Wildman–Crippen MR) is 51.5 cm³/mol. The van der Waals surface area contributed by atoms with Gasteiger partial charge in [-0.2, -0.15) is 0 Å². The van der Waals surface area contributed by atoms with E-state index >= 15 is 0 Å². The number of carbonyl (C=O) groups excluding carboxylic acids is 1. The van der Waals surface area contributed by atoms with E-state index in [4.69, 9.17) is 0 Å². The Morgan fingerprint density at radius 2 is 2.07 bits per heavy atom. The van der Waals surface area contributed by atoms with E-state index < -0.39 is 11.7 Å². The normalized spacial score (nSPS) is 12.3. The van der Waals surface area contributed by atoms with Gasteiger partial charge in [-0.25, -0.2) is 4.79 Å². The Labute approximate surface area is 82.7 Å². The number of hydrogen-bond acceptors (Lipinski definition) is 5. The summed E-state index contributed by atoms with van der Waals surface area (Å²) in [6, 6.07) is 0. The van der Waals surface area contributed by atoms with E-state index in [0.29, 0.717) is 0 Å². The van der Waals surface area contributed by atoms with Crippen molar-refractivity contribution < 1.29 is 14.6 Å². The third-order valence-corrected chi connectivity index (χ3v) is 1.44. The molecule has 0 fully saturated rings. The zero-order chi connectivity index (χ0) is 11.1. The zero-order valence-corrected chi connectivity index (χ0v) is 8.61. The molecule has 0 aliphatic heterocycles. The molecule has 1 N–H and O–H groups in total. The fraction of sp³-hybridized carbons (Fsp3) is 0.667. The lowest BCUT2D eigenvalue weighted by Crippen LogP contribution is -2.09. The summed E-state index contributed by atoms with van der Waals surface area (Å²) in [4.78, 5) is 21.3. The molecular weight excluding hydrogens is 186 g/mol. The first-order valence-electron chi connectivity index (χ1n) is 4.45. The molecule has 0 rings (SSSR count). The van der Waals surface area contributed by atoms with Gasteiger partial charge in [-0.05, 0) is 18.0 Å². The number of nitroso groups, excluding NO2 is 1. The SMILES string of the molecule is CCOC(=O)/C(N=O)=C(\O)CC(C)C. The first kappa shape index (κ1) is 12.6. The Bertz CT molecular complexity index is 245. The molecule has 0 heterocycles. The van der Waals surface area contributed by atoms with Crippen LogP contribution in [0, 0.1) is 10.8 Å². The second kappa shape index (κ2) is 6.12. The lowest BCUT2D eigenvalue weighted by atomic mass is 10.1. The Morgan fingerprint density at radius 1 is 1.50 bits per heavy atom. The topological polar surface area (TPSA) is 76.0 Å². The number of aliphatic hydroxyl groups excluding tert-OH is 1. The van der Waals surface area contributed by atoms with E-state index in [1.807, 2.05) is 13.8 Å². The number of esters is 1. The van der Waals surface area contributed by atoms with Crippen LogP contribution in [0.15, 0.2) is 16.6 Å². The van der Waals surface area contributed by atoms with Crippen LogP contribution < -0.4 is 0 Å². The fourth-order valence-corrected chi connectivity index (χ4v) is 0.891. The summed E-state index contributed by atoms with van der Waals surface area (Å²) in [5, 5.41) is 11.8. The number of hydrogen-bond donors (Lipinski definition) is 1. The van der Waals surface area contributed by atoms with Crippen molar-refractivity contribution in [2.24, 2.45) is 11.1 Å². The van der Waals surface area contributed by atoms with Crippen LogP contribution in [0.4, 0.5) is 0 Å². The molecule has 5 heteroatoms. The fourth-order valence-electron chi connectivity index (χ4n) is 0.891. The molecule has 0 aromatic heterocycles. The van der Waals surface area contributed by atoms with Crippen molar-refractivity contribution in [1.29, 1.82) is 0 Å². The van der Waals surface area contributed by atoms with Crippen LogP contribution >= 0.6 is 0 Å². The summed E-state index contributed by atoms with van der Waals surface area (Å²) >= 11 is 0. The summed E-state index contributed by atoms with van der Waals surface area (Å²) in [6.07, 6.45) is 0.236. The first-order valence-corrected chi connectivity index (χ1v) is 4.45. The number of aliphatic hydroxyl groups is 1. The maximum atomic E-state index is 11.1. The van der Waals surface area contributed by atoms with Gasteiger partial charge in [-0.3, -0.25) is 0 Å². The molecular formula is C9H15NO4. The molecule has 0 spiro atoms. The van der Waals surface area contributed by atoms with Crippen LogP contribution in [0.3, 0.4) is 0 Å². The third-order valence-electron chi connectivity index (χ3n) is 1.44.